The first-order valence-corrected chi connectivity index (χ1v) is 10.5. The highest BCUT2D eigenvalue weighted by molar-refractivity contribution is 6.04. The molecule has 0 aliphatic heterocycles. The normalized spacial score (nSPS) is 10.7. The van der Waals surface area contributed by atoms with Gasteiger partial charge in [0.25, 0.3) is 5.91 Å². The van der Waals surface area contributed by atoms with E-state index in [0.717, 1.165) is 17.1 Å². The van der Waals surface area contributed by atoms with E-state index in [-0.39, 0.29) is 5.91 Å². The van der Waals surface area contributed by atoms with E-state index >= 15 is 0 Å². The van der Waals surface area contributed by atoms with Crippen LogP contribution in [-0.4, -0.2) is 19.1 Å². The van der Waals surface area contributed by atoms with Gasteiger partial charge in [-0.25, -0.2) is 0 Å². The molecule has 0 fully saturated rings. The first-order chi connectivity index (χ1) is 15.0. The molecule has 5 nitrogen and oxygen atoms in total. The summed E-state index contributed by atoms with van der Waals surface area (Å²) in [4.78, 5) is 12.8. The van der Waals surface area contributed by atoms with Gasteiger partial charge in [0.15, 0.2) is 0 Å². The smallest absolute Gasteiger partial charge is 0.255 e. The quantitative estimate of drug-likeness (QED) is 0.419. The Morgan fingerprint density at radius 3 is 2.32 bits per heavy atom. The lowest BCUT2D eigenvalue weighted by atomic mass is 10.1. The van der Waals surface area contributed by atoms with Crippen LogP contribution >= 0.6 is 0 Å². The summed E-state index contributed by atoms with van der Waals surface area (Å²) >= 11 is 0. The van der Waals surface area contributed by atoms with Gasteiger partial charge in [-0.15, -0.1) is 0 Å². The Kier molecular flexibility index (Phi) is 8.07. The molecular formula is C26H29NO4. The number of rotatable bonds is 10. The fourth-order valence-corrected chi connectivity index (χ4v) is 2.97. The second kappa shape index (κ2) is 11.2. The molecule has 0 heterocycles. The number of hydrogen-bond donors (Lipinski definition) is 1. The van der Waals surface area contributed by atoms with E-state index in [9.17, 15) is 4.79 Å². The Hall–Kier alpha value is -3.31. The maximum Gasteiger partial charge on any atom is 0.255 e. The van der Waals surface area contributed by atoms with Crippen LogP contribution in [0.3, 0.4) is 0 Å². The minimum absolute atomic E-state index is 0.190. The second-order valence-corrected chi connectivity index (χ2v) is 7.56. The second-order valence-electron chi connectivity index (χ2n) is 7.56. The minimum Gasteiger partial charge on any atom is -0.494 e. The van der Waals surface area contributed by atoms with Crippen LogP contribution < -0.4 is 14.8 Å². The Morgan fingerprint density at radius 2 is 1.65 bits per heavy atom. The lowest BCUT2D eigenvalue weighted by Crippen LogP contribution is -2.13. The summed E-state index contributed by atoms with van der Waals surface area (Å²) < 4.78 is 17.2. The molecule has 1 N–H and O–H groups in total. The predicted octanol–water partition coefficient (Wildman–Crippen LogP) is 6.30. The van der Waals surface area contributed by atoms with Gasteiger partial charge in [0, 0.05) is 23.4 Å². The fourth-order valence-electron chi connectivity index (χ4n) is 2.97. The van der Waals surface area contributed by atoms with E-state index in [1.54, 1.807) is 6.07 Å². The highest BCUT2D eigenvalue weighted by Gasteiger charge is 2.12. The third-order valence-corrected chi connectivity index (χ3v) is 4.42. The molecule has 1 amide bonds. The molecule has 3 aromatic carbocycles. The largest absolute Gasteiger partial charge is 0.494 e. The summed E-state index contributed by atoms with van der Waals surface area (Å²) in [5.41, 5.74) is 2.11. The van der Waals surface area contributed by atoms with Crippen molar-refractivity contribution in [2.45, 2.75) is 27.4 Å². The number of benzene rings is 3. The molecule has 0 aromatic heterocycles. The van der Waals surface area contributed by atoms with Crippen LogP contribution in [0.5, 0.6) is 17.2 Å². The van der Waals surface area contributed by atoms with Gasteiger partial charge in [-0.3, -0.25) is 4.79 Å². The molecule has 0 saturated heterocycles. The average molecular weight is 420 g/mol. The van der Waals surface area contributed by atoms with Crippen molar-refractivity contribution >= 4 is 11.6 Å². The SMILES string of the molecule is CCOc1ccc(C(=O)Nc2ccc(Oc3ccccc3)cc2)cc1COCC(C)C. The van der Waals surface area contributed by atoms with Crippen molar-refractivity contribution in [1.82, 2.24) is 0 Å². The fraction of sp³-hybridized carbons (Fsp3) is 0.269. The van der Waals surface area contributed by atoms with Gasteiger partial charge in [-0.2, -0.15) is 0 Å². The number of amides is 1. The van der Waals surface area contributed by atoms with E-state index in [1.807, 2.05) is 73.7 Å². The molecule has 3 aromatic rings. The third kappa shape index (κ3) is 6.86. The summed E-state index contributed by atoms with van der Waals surface area (Å²) in [5.74, 6) is 2.46. The molecule has 0 radical (unpaired) electrons. The predicted molar refractivity (Wildman–Crippen MR) is 123 cm³/mol. The topological polar surface area (TPSA) is 56.8 Å². The zero-order valence-electron chi connectivity index (χ0n) is 18.3. The lowest BCUT2D eigenvalue weighted by molar-refractivity contribution is 0.0948. The molecule has 0 bridgehead atoms. The van der Waals surface area contributed by atoms with Gasteiger partial charge in [-0.05, 0) is 67.4 Å². The number of anilines is 1. The monoisotopic (exact) mass is 419 g/mol. The zero-order chi connectivity index (χ0) is 22.1. The highest BCUT2D eigenvalue weighted by Crippen LogP contribution is 2.24. The van der Waals surface area contributed by atoms with E-state index in [0.29, 0.717) is 42.7 Å². The summed E-state index contributed by atoms with van der Waals surface area (Å²) in [6.45, 7) is 7.75. The summed E-state index contributed by atoms with van der Waals surface area (Å²) in [5, 5.41) is 2.93. The molecule has 3 rings (SSSR count). The van der Waals surface area contributed by atoms with Crippen molar-refractivity contribution in [3.05, 3.63) is 83.9 Å². The zero-order valence-corrected chi connectivity index (χ0v) is 18.3. The van der Waals surface area contributed by atoms with Crippen molar-refractivity contribution < 1.29 is 19.0 Å². The lowest BCUT2D eigenvalue weighted by Gasteiger charge is -2.14. The maximum atomic E-state index is 12.8. The minimum atomic E-state index is -0.190. The van der Waals surface area contributed by atoms with E-state index in [2.05, 4.69) is 19.2 Å². The van der Waals surface area contributed by atoms with Crippen molar-refractivity contribution in [2.75, 3.05) is 18.5 Å². The molecule has 0 atom stereocenters. The van der Waals surface area contributed by atoms with Crippen molar-refractivity contribution in [1.29, 1.82) is 0 Å². The number of carbonyl (C=O) groups is 1. The van der Waals surface area contributed by atoms with Gasteiger partial charge in [0.1, 0.15) is 17.2 Å². The van der Waals surface area contributed by atoms with Crippen molar-refractivity contribution in [2.24, 2.45) is 5.92 Å². The molecule has 162 valence electrons. The Bertz CT molecular complexity index is 968. The van der Waals surface area contributed by atoms with Crippen LogP contribution in [0.1, 0.15) is 36.7 Å². The average Bonchev–Trinajstić information content (AvgIpc) is 2.77. The molecular weight excluding hydrogens is 390 g/mol. The van der Waals surface area contributed by atoms with Crippen LogP contribution in [-0.2, 0) is 11.3 Å². The van der Waals surface area contributed by atoms with Gasteiger partial charge >= 0.3 is 0 Å². The van der Waals surface area contributed by atoms with Crippen LogP contribution in [0.15, 0.2) is 72.8 Å². The number of para-hydroxylation sites is 1. The summed E-state index contributed by atoms with van der Waals surface area (Å²) in [6, 6.07) is 22.3. The van der Waals surface area contributed by atoms with Crippen LogP contribution in [0.2, 0.25) is 0 Å². The number of carbonyl (C=O) groups excluding carboxylic acids is 1. The summed E-state index contributed by atoms with van der Waals surface area (Å²) in [7, 11) is 0. The number of ether oxygens (including phenoxy) is 3. The first-order valence-electron chi connectivity index (χ1n) is 10.5. The first kappa shape index (κ1) is 22.4. The molecule has 0 unspecified atom stereocenters. The van der Waals surface area contributed by atoms with E-state index < -0.39 is 0 Å². The van der Waals surface area contributed by atoms with Crippen LogP contribution in [0.25, 0.3) is 0 Å². The van der Waals surface area contributed by atoms with Crippen molar-refractivity contribution in [3.8, 4) is 17.2 Å². The molecule has 0 spiro atoms. The van der Waals surface area contributed by atoms with Gasteiger partial charge < -0.3 is 19.5 Å². The van der Waals surface area contributed by atoms with Crippen LogP contribution in [0, 0.1) is 5.92 Å². The van der Waals surface area contributed by atoms with E-state index in [4.69, 9.17) is 14.2 Å². The third-order valence-electron chi connectivity index (χ3n) is 4.42. The number of hydrogen-bond acceptors (Lipinski definition) is 4. The molecule has 0 aliphatic carbocycles. The summed E-state index contributed by atoms with van der Waals surface area (Å²) in [6.07, 6.45) is 0. The van der Waals surface area contributed by atoms with Crippen LogP contribution in [0.4, 0.5) is 5.69 Å². The van der Waals surface area contributed by atoms with Gasteiger partial charge in [0.2, 0.25) is 0 Å². The molecule has 0 aliphatic rings. The van der Waals surface area contributed by atoms with E-state index in [1.165, 1.54) is 0 Å². The Morgan fingerprint density at radius 1 is 0.935 bits per heavy atom. The van der Waals surface area contributed by atoms with Gasteiger partial charge in [-0.1, -0.05) is 32.0 Å². The maximum absolute atomic E-state index is 12.8. The number of nitrogens with one attached hydrogen (secondary N) is 1. The molecule has 31 heavy (non-hydrogen) atoms. The Labute approximate surface area is 184 Å². The standard InChI is InChI=1S/C26H29NO4/c1-4-30-25-15-10-20(16-21(25)18-29-17-19(2)3)26(28)27-22-11-13-24(14-12-22)31-23-8-6-5-7-9-23/h5-16,19H,4,17-18H2,1-3H3,(H,27,28). The molecule has 5 heteroatoms. The van der Waals surface area contributed by atoms with Crippen molar-refractivity contribution in [3.63, 3.8) is 0 Å². The Balaban J connectivity index is 1.66. The molecule has 0 saturated carbocycles. The van der Waals surface area contributed by atoms with Gasteiger partial charge in [0.05, 0.1) is 13.2 Å². The highest BCUT2D eigenvalue weighted by atomic mass is 16.5.